The van der Waals surface area contributed by atoms with Crippen LogP contribution in [0, 0.1) is 11.8 Å². The summed E-state index contributed by atoms with van der Waals surface area (Å²) in [6, 6.07) is 1.83. The molecule has 7 nitrogen and oxygen atoms in total. The Balaban J connectivity index is 1.55. The number of anilines is 1. The molecule has 3 rings (SSSR count). The highest BCUT2D eigenvalue weighted by molar-refractivity contribution is 7.86. The number of nitrogens with zero attached hydrogens (tertiary/aromatic N) is 5. The van der Waals surface area contributed by atoms with Crippen LogP contribution in [-0.2, 0) is 10.2 Å². The lowest BCUT2D eigenvalue weighted by Gasteiger charge is -2.34. The summed E-state index contributed by atoms with van der Waals surface area (Å²) in [5.41, 5.74) is 0. The predicted octanol–water partition coefficient (Wildman–Crippen LogP) is 0.821. The second-order valence-electron chi connectivity index (χ2n) is 6.57. The van der Waals surface area contributed by atoms with Crippen molar-refractivity contribution in [3.05, 3.63) is 18.5 Å². The van der Waals surface area contributed by atoms with E-state index in [1.54, 1.807) is 30.8 Å². The van der Waals surface area contributed by atoms with Crippen LogP contribution in [-0.4, -0.2) is 67.3 Å². The Kier molecular flexibility index (Phi) is 4.84. The van der Waals surface area contributed by atoms with E-state index in [0.717, 1.165) is 38.3 Å². The number of aromatic nitrogens is 2. The summed E-state index contributed by atoms with van der Waals surface area (Å²) in [5, 5.41) is 0. The first-order valence-corrected chi connectivity index (χ1v) is 9.57. The maximum atomic E-state index is 12.2. The Labute approximate surface area is 138 Å². The van der Waals surface area contributed by atoms with Crippen LogP contribution in [0.3, 0.4) is 0 Å². The molecular formula is C15H25N5O2S. The monoisotopic (exact) mass is 339 g/mol. The van der Waals surface area contributed by atoms with Crippen LogP contribution in [0.15, 0.2) is 18.5 Å². The molecule has 2 aliphatic rings. The van der Waals surface area contributed by atoms with Crippen molar-refractivity contribution >= 4 is 16.2 Å². The van der Waals surface area contributed by atoms with Crippen molar-refractivity contribution in [1.82, 2.24) is 18.6 Å². The maximum Gasteiger partial charge on any atom is 0.281 e. The molecule has 0 saturated carbocycles. The molecular weight excluding hydrogens is 314 g/mol. The molecule has 0 spiro atoms. The highest BCUT2D eigenvalue weighted by atomic mass is 32.2. The Morgan fingerprint density at radius 1 is 1.04 bits per heavy atom. The molecule has 1 unspecified atom stereocenters. The van der Waals surface area contributed by atoms with Gasteiger partial charge in [0, 0.05) is 52.7 Å². The SMILES string of the molecule is CN(C)S(=O)(=O)N1CCC(C2CCN(c3ncccn3)CC2)C1. The lowest BCUT2D eigenvalue weighted by molar-refractivity contribution is 0.279. The lowest BCUT2D eigenvalue weighted by atomic mass is 9.84. The van der Waals surface area contributed by atoms with E-state index in [2.05, 4.69) is 14.9 Å². The highest BCUT2D eigenvalue weighted by Crippen LogP contribution is 2.33. The molecule has 1 aromatic heterocycles. The topological polar surface area (TPSA) is 69.6 Å². The van der Waals surface area contributed by atoms with Gasteiger partial charge < -0.3 is 4.90 Å². The maximum absolute atomic E-state index is 12.2. The molecule has 0 bridgehead atoms. The third-order valence-electron chi connectivity index (χ3n) is 5.02. The van der Waals surface area contributed by atoms with Crippen LogP contribution in [0.25, 0.3) is 0 Å². The van der Waals surface area contributed by atoms with Gasteiger partial charge in [-0.2, -0.15) is 17.0 Å². The van der Waals surface area contributed by atoms with Gasteiger partial charge in [-0.25, -0.2) is 9.97 Å². The van der Waals surface area contributed by atoms with E-state index in [-0.39, 0.29) is 0 Å². The van der Waals surface area contributed by atoms with E-state index in [9.17, 15) is 8.42 Å². The molecule has 0 N–H and O–H groups in total. The Morgan fingerprint density at radius 2 is 1.65 bits per heavy atom. The molecule has 2 fully saturated rings. The normalized spacial score (nSPS) is 24.5. The van der Waals surface area contributed by atoms with E-state index < -0.39 is 10.2 Å². The zero-order valence-electron chi connectivity index (χ0n) is 13.8. The van der Waals surface area contributed by atoms with Crippen molar-refractivity contribution in [2.45, 2.75) is 19.3 Å². The van der Waals surface area contributed by atoms with Gasteiger partial charge >= 0.3 is 0 Å². The standard InChI is InChI=1S/C15H25N5O2S/c1-18(2)23(21,22)20-11-6-14(12-20)13-4-9-19(10-5-13)15-16-7-3-8-17-15/h3,7-8,13-14H,4-6,9-12H2,1-2H3. The fraction of sp³-hybridized carbons (Fsp3) is 0.733. The van der Waals surface area contributed by atoms with E-state index in [1.165, 1.54) is 4.31 Å². The van der Waals surface area contributed by atoms with Gasteiger partial charge in [0.05, 0.1) is 0 Å². The molecule has 1 aromatic rings. The fourth-order valence-corrected chi connectivity index (χ4v) is 4.78. The minimum atomic E-state index is -3.27. The molecule has 2 saturated heterocycles. The Hall–Kier alpha value is -1.25. The van der Waals surface area contributed by atoms with Crippen molar-refractivity contribution in [2.24, 2.45) is 11.8 Å². The van der Waals surface area contributed by atoms with E-state index in [1.807, 2.05) is 6.07 Å². The van der Waals surface area contributed by atoms with Gasteiger partial charge in [0.25, 0.3) is 10.2 Å². The van der Waals surface area contributed by atoms with Crippen molar-refractivity contribution in [1.29, 1.82) is 0 Å². The van der Waals surface area contributed by atoms with Gasteiger partial charge in [0.15, 0.2) is 0 Å². The van der Waals surface area contributed by atoms with Crippen LogP contribution >= 0.6 is 0 Å². The van der Waals surface area contributed by atoms with Gasteiger partial charge in [-0.15, -0.1) is 0 Å². The minimum Gasteiger partial charge on any atom is -0.341 e. The summed E-state index contributed by atoms with van der Waals surface area (Å²) < 4.78 is 27.4. The first-order valence-electron chi connectivity index (χ1n) is 8.18. The molecule has 1 atom stereocenters. The largest absolute Gasteiger partial charge is 0.341 e. The fourth-order valence-electron chi connectivity index (χ4n) is 3.60. The average Bonchev–Trinajstić information content (AvgIpc) is 3.06. The smallest absolute Gasteiger partial charge is 0.281 e. The first-order chi connectivity index (χ1) is 11.0. The van der Waals surface area contributed by atoms with Crippen LogP contribution in [0.4, 0.5) is 5.95 Å². The zero-order valence-corrected chi connectivity index (χ0v) is 14.6. The summed E-state index contributed by atoms with van der Waals surface area (Å²) in [7, 11) is -0.0693. The summed E-state index contributed by atoms with van der Waals surface area (Å²) in [4.78, 5) is 10.8. The summed E-state index contributed by atoms with van der Waals surface area (Å²) >= 11 is 0. The van der Waals surface area contributed by atoms with Crippen LogP contribution in [0.1, 0.15) is 19.3 Å². The average molecular weight is 339 g/mol. The molecule has 0 aromatic carbocycles. The zero-order chi connectivity index (χ0) is 16.4. The lowest BCUT2D eigenvalue weighted by Crippen LogP contribution is -2.40. The summed E-state index contributed by atoms with van der Waals surface area (Å²) in [5.74, 6) is 1.87. The van der Waals surface area contributed by atoms with Gasteiger partial charge in [0.1, 0.15) is 0 Å². The molecule has 0 aliphatic carbocycles. The van der Waals surface area contributed by atoms with Gasteiger partial charge in [-0.05, 0) is 37.2 Å². The number of hydrogen-bond donors (Lipinski definition) is 0. The number of hydrogen-bond acceptors (Lipinski definition) is 5. The Bertz CT molecular complexity index is 614. The number of rotatable bonds is 4. The molecule has 3 heterocycles. The highest BCUT2D eigenvalue weighted by Gasteiger charge is 2.37. The molecule has 0 radical (unpaired) electrons. The van der Waals surface area contributed by atoms with E-state index in [4.69, 9.17) is 0 Å². The van der Waals surface area contributed by atoms with Crippen molar-refractivity contribution in [2.75, 3.05) is 45.2 Å². The van der Waals surface area contributed by atoms with E-state index >= 15 is 0 Å². The minimum absolute atomic E-state index is 0.476. The van der Waals surface area contributed by atoms with Crippen molar-refractivity contribution < 1.29 is 8.42 Å². The quantitative estimate of drug-likeness (QED) is 0.812. The third kappa shape index (κ3) is 3.49. The first kappa shape index (κ1) is 16.6. The Morgan fingerprint density at radius 3 is 2.26 bits per heavy atom. The predicted molar refractivity (Wildman–Crippen MR) is 89.3 cm³/mol. The molecule has 128 valence electrons. The molecule has 0 amide bonds. The molecule has 8 heteroatoms. The van der Waals surface area contributed by atoms with Crippen LogP contribution in [0.5, 0.6) is 0 Å². The molecule has 23 heavy (non-hydrogen) atoms. The summed E-state index contributed by atoms with van der Waals surface area (Å²) in [6.45, 7) is 3.21. The van der Waals surface area contributed by atoms with Crippen molar-refractivity contribution in [3.63, 3.8) is 0 Å². The summed E-state index contributed by atoms with van der Waals surface area (Å²) in [6.07, 6.45) is 6.68. The molecule has 2 aliphatic heterocycles. The number of piperidine rings is 1. The van der Waals surface area contributed by atoms with Gasteiger partial charge in [0.2, 0.25) is 5.95 Å². The second kappa shape index (κ2) is 6.70. The van der Waals surface area contributed by atoms with Gasteiger partial charge in [-0.3, -0.25) is 0 Å². The van der Waals surface area contributed by atoms with Crippen molar-refractivity contribution in [3.8, 4) is 0 Å². The van der Waals surface area contributed by atoms with Crippen LogP contribution < -0.4 is 4.90 Å². The second-order valence-corrected chi connectivity index (χ2v) is 8.71. The van der Waals surface area contributed by atoms with E-state index in [0.29, 0.717) is 24.9 Å². The van der Waals surface area contributed by atoms with Crippen LogP contribution in [0.2, 0.25) is 0 Å². The third-order valence-corrected chi connectivity index (χ3v) is 6.92. The van der Waals surface area contributed by atoms with Gasteiger partial charge in [-0.1, -0.05) is 0 Å².